The van der Waals surface area contributed by atoms with Gasteiger partial charge in [0.25, 0.3) is 5.22 Å². The van der Waals surface area contributed by atoms with Gasteiger partial charge in [0, 0.05) is 11.8 Å². The lowest BCUT2D eigenvalue weighted by Crippen LogP contribution is -2.05. The van der Waals surface area contributed by atoms with Crippen molar-refractivity contribution in [3.05, 3.63) is 12.5 Å². The number of nitrogens with zero attached hydrogens (tertiary/aromatic N) is 4. The van der Waals surface area contributed by atoms with Gasteiger partial charge in [-0.05, 0) is 6.42 Å². The zero-order valence-corrected chi connectivity index (χ0v) is 9.98. The third-order valence-electron chi connectivity index (χ3n) is 1.64. The van der Waals surface area contributed by atoms with Crippen LogP contribution in [0.2, 0.25) is 0 Å². The number of rotatable bonds is 5. The number of nitrogens with two attached hydrogens (primary N) is 1. The fraction of sp³-hybridized carbons (Fsp3) is 0.333. The van der Waals surface area contributed by atoms with Gasteiger partial charge in [-0.2, -0.15) is 15.0 Å². The van der Waals surface area contributed by atoms with Crippen LogP contribution in [-0.2, 0) is 0 Å². The van der Waals surface area contributed by atoms with Crippen LogP contribution in [0.15, 0.2) is 27.3 Å². The van der Waals surface area contributed by atoms with Gasteiger partial charge in [0.15, 0.2) is 0 Å². The summed E-state index contributed by atoms with van der Waals surface area (Å²) in [5, 5.41) is 0.836. The Morgan fingerprint density at radius 2 is 2.29 bits per heavy atom. The summed E-state index contributed by atoms with van der Waals surface area (Å²) in [6.07, 6.45) is 3.89. The summed E-state index contributed by atoms with van der Waals surface area (Å²) in [5.74, 6) is 0.111. The maximum absolute atomic E-state index is 5.55. The predicted octanol–water partition coefficient (Wildman–Crippen LogP) is 1.38. The quantitative estimate of drug-likeness (QED) is 0.853. The first-order chi connectivity index (χ1) is 8.28. The van der Waals surface area contributed by atoms with Crippen molar-refractivity contribution < 1.29 is 9.15 Å². The Hall–Kier alpha value is -1.83. The lowest BCUT2D eigenvalue weighted by Gasteiger charge is -2.03. The Kier molecular flexibility index (Phi) is 3.76. The van der Waals surface area contributed by atoms with Crippen LogP contribution in [-0.4, -0.2) is 26.5 Å². The van der Waals surface area contributed by atoms with E-state index in [2.05, 4.69) is 19.9 Å². The van der Waals surface area contributed by atoms with Gasteiger partial charge in [0.2, 0.25) is 11.1 Å². The summed E-state index contributed by atoms with van der Waals surface area (Å²) in [5.41, 5.74) is 5.55. The minimum absolute atomic E-state index is 0.111. The monoisotopic (exact) mass is 253 g/mol. The zero-order chi connectivity index (χ0) is 12.1. The smallest absolute Gasteiger partial charge is 0.322 e. The molecule has 0 atom stereocenters. The normalized spacial score (nSPS) is 10.4. The van der Waals surface area contributed by atoms with Crippen LogP contribution >= 0.6 is 11.8 Å². The second kappa shape index (κ2) is 5.48. The van der Waals surface area contributed by atoms with E-state index < -0.39 is 0 Å². The number of anilines is 1. The van der Waals surface area contributed by atoms with Crippen molar-refractivity contribution in [2.75, 3.05) is 12.3 Å². The van der Waals surface area contributed by atoms with Gasteiger partial charge in [0.05, 0.1) is 12.8 Å². The Bertz CT molecular complexity index is 476. The summed E-state index contributed by atoms with van der Waals surface area (Å²) in [7, 11) is 0. The summed E-state index contributed by atoms with van der Waals surface area (Å²) < 4.78 is 10.4. The molecule has 8 heteroatoms. The molecule has 2 rings (SSSR count). The van der Waals surface area contributed by atoms with E-state index in [4.69, 9.17) is 14.9 Å². The van der Waals surface area contributed by atoms with Gasteiger partial charge < -0.3 is 14.9 Å². The summed E-state index contributed by atoms with van der Waals surface area (Å²) in [4.78, 5) is 15.9. The van der Waals surface area contributed by atoms with Crippen LogP contribution in [0.5, 0.6) is 6.01 Å². The molecular formula is C9H11N5O2S. The molecule has 2 heterocycles. The van der Waals surface area contributed by atoms with Crippen LogP contribution in [0, 0.1) is 0 Å². The molecule has 0 saturated carbocycles. The molecular weight excluding hydrogens is 242 g/mol. The highest BCUT2D eigenvalue weighted by Crippen LogP contribution is 2.23. The third kappa shape index (κ3) is 3.31. The average molecular weight is 253 g/mol. The van der Waals surface area contributed by atoms with Gasteiger partial charge in [-0.1, -0.05) is 6.92 Å². The molecule has 0 aliphatic heterocycles. The number of hydrogen-bond acceptors (Lipinski definition) is 8. The van der Waals surface area contributed by atoms with E-state index in [0.717, 1.165) is 18.2 Å². The van der Waals surface area contributed by atoms with Crippen molar-refractivity contribution in [2.24, 2.45) is 0 Å². The number of nitrogen functional groups attached to an aromatic ring is 1. The van der Waals surface area contributed by atoms with Crippen molar-refractivity contribution in [1.82, 2.24) is 19.9 Å². The second-order valence-electron chi connectivity index (χ2n) is 3.01. The second-order valence-corrected chi connectivity index (χ2v) is 3.93. The standard InChI is InChI=1S/C9H11N5O2S/c1-2-4-15-7-12-6(10)13-8(14-7)17-9-11-3-5-16-9/h3,5H,2,4H2,1H3,(H2,10,12,13,14). The lowest BCUT2D eigenvalue weighted by molar-refractivity contribution is 0.288. The van der Waals surface area contributed by atoms with Crippen LogP contribution < -0.4 is 10.5 Å². The molecule has 0 aliphatic carbocycles. The molecule has 0 bridgehead atoms. The van der Waals surface area contributed by atoms with Gasteiger partial charge in [-0.15, -0.1) is 0 Å². The number of aromatic nitrogens is 4. The SMILES string of the molecule is CCCOc1nc(N)nc(Sc2ncco2)n1. The van der Waals surface area contributed by atoms with Crippen LogP contribution in [0.4, 0.5) is 5.95 Å². The van der Waals surface area contributed by atoms with E-state index in [1.54, 1.807) is 6.20 Å². The Morgan fingerprint density at radius 3 is 3.00 bits per heavy atom. The van der Waals surface area contributed by atoms with Crippen molar-refractivity contribution in [3.8, 4) is 6.01 Å². The fourth-order valence-electron chi connectivity index (χ4n) is 0.995. The molecule has 0 unspecified atom stereocenters. The van der Waals surface area contributed by atoms with Crippen molar-refractivity contribution in [3.63, 3.8) is 0 Å². The van der Waals surface area contributed by atoms with Crippen LogP contribution in [0.25, 0.3) is 0 Å². The first kappa shape index (κ1) is 11.6. The maximum atomic E-state index is 5.55. The molecule has 90 valence electrons. The summed E-state index contributed by atoms with van der Waals surface area (Å²) in [6, 6.07) is 0.216. The lowest BCUT2D eigenvalue weighted by atomic mass is 10.5. The predicted molar refractivity (Wildman–Crippen MR) is 60.7 cm³/mol. The van der Waals surface area contributed by atoms with E-state index in [1.807, 2.05) is 6.92 Å². The summed E-state index contributed by atoms with van der Waals surface area (Å²) >= 11 is 1.16. The zero-order valence-electron chi connectivity index (χ0n) is 9.16. The molecule has 0 spiro atoms. The number of ether oxygens (including phenoxy) is 1. The highest BCUT2D eigenvalue weighted by atomic mass is 32.2. The highest BCUT2D eigenvalue weighted by molar-refractivity contribution is 7.98. The van der Waals surface area contributed by atoms with Gasteiger partial charge >= 0.3 is 6.01 Å². The van der Waals surface area contributed by atoms with Gasteiger partial charge in [-0.25, -0.2) is 4.98 Å². The van der Waals surface area contributed by atoms with E-state index in [9.17, 15) is 0 Å². The Labute approximate surface area is 102 Å². The first-order valence-electron chi connectivity index (χ1n) is 4.99. The van der Waals surface area contributed by atoms with Gasteiger partial charge in [-0.3, -0.25) is 0 Å². The minimum atomic E-state index is 0.111. The largest absolute Gasteiger partial charge is 0.463 e. The maximum Gasteiger partial charge on any atom is 0.322 e. The van der Waals surface area contributed by atoms with Gasteiger partial charge in [0.1, 0.15) is 6.26 Å². The average Bonchev–Trinajstić information content (AvgIpc) is 2.78. The van der Waals surface area contributed by atoms with E-state index in [-0.39, 0.29) is 12.0 Å². The number of oxazole rings is 1. The van der Waals surface area contributed by atoms with E-state index in [0.29, 0.717) is 17.0 Å². The Morgan fingerprint density at radius 1 is 1.41 bits per heavy atom. The van der Waals surface area contributed by atoms with Crippen LogP contribution in [0.3, 0.4) is 0 Å². The molecule has 0 radical (unpaired) electrons. The first-order valence-corrected chi connectivity index (χ1v) is 5.81. The molecule has 0 amide bonds. The molecule has 0 fully saturated rings. The van der Waals surface area contributed by atoms with Crippen molar-refractivity contribution in [2.45, 2.75) is 23.7 Å². The topological polar surface area (TPSA) is 100.0 Å². The molecule has 0 aliphatic rings. The number of hydrogen-bond donors (Lipinski definition) is 1. The molecule has 17 heavy (non-hydrogen) atoms. The molecule has 0 saturated heterocycles. The molecule has 0 aromatic carbocycles. The Balaban J connectivity index is 2.13. The van der Waals surface area contributed by atoms with E-state index in [1.165, 1.54) is 6.26 Å². The molecule has 7 nitrogen and oxygen atoms in total. The molecule has 2 aromatic heterocycles. The fourth-order valence-corrected chi connectivity index (χ4v) is 1.63. The minimum Gasteiger partial charge on any atom is -0.463 e. The third-order valence-corrected chi connectivity index (χ3v) is 2.38. The molecule has 2 aromatic rings. The molecule has 2 N–H and O–H groups in total. The van der Waals surface area contributed by atoms with E-state index >= 15 is 0 Å². The van der Waals surface area contributed by atoms with Crippen LogP contribution in [0.1, 0.15) is 13.3 Å². The summed E-state index contributed by atoms with van der Waals surface area (Å²) in [6.45, 7) is 2.53. The highest BCUT2D eigenvalue weighted by Gasteiger charge is 2.09. The van der Waals surface area contributed by atoms with Crippen molar-refractivity contribution >= 4 is 17.7 Å². The van der Waals surface area contributed by atoms with Crippen molar-refractivity contribution in [1.29, 1.82) is 0 Å².